The average Bonchev–Trinajstić information content (AvgIpc) is 2.58. The van der Waals surface area contributed by atoms with Crippen LogP contribution in [0, 0.1) is 13.8 Å². The van der Waals surface area contributed by atoms with E-state index in [1.165, 1.54) is 11.3 Å². The molecule has 1 amide bonds. The summed E-state index contributed by atoms with van der Waals surface area (Å²) in [4.78, 5) is 16.3. The van der Waals surface area contributed by atoms with Crippen molar-refractivity contribution < 1.29 is 9.53 Å². The molecular formula is C11H17N3O2S. The van der Waals surface area contributed by atoms with Gasteiger partial charge in [0.1, 0.15) is 11.0 Å². The summed E-state index contributed by atoms with van der Waals surface area (Å²) in [5.74, 6) is -0.0519. The second kappa shape index (κ2) is 5.12. The molecule has 94 valence electrons. The molecule has 17 heavy (non-hydrogen) atoms. The number of nitrogens with one attached hydrogen (secondary N) is 2. The lowest BCUT2D eigenvalue weighted by Gasteiger charge is -2.29. The molecule has 1 saturated heterocycles. The van der Waals surface area contributed by atoms with E-state index in [0.29, 0.717) is 13.2 Å². The third kappa shape index (κ3) is 2.83. The summed E-state index contributed by atoms with van der Waals surface area (Å²) in [5, 5.41) is 7.85. The SMILES string of the molecule is Cc1nc(C)c(NC(=O)[C@H]2NCCO[C@@H]2C)s1. The predicted octanol–water partition coefficient (Wildman–Crippen LogP) is 1.08. The molecule has 1 fully saturated rings. The Bertz CT molecular complexity index is 419. The second-order valence-electron chi connectivity index (χ2n) is 4.14. The van der Waals surface area contributed by atoms with Crippen molar-refractivity contribution in [2.24, 2.45) is 0 Å². The van der Waals surface area contributed by atoms with Crippen LogP contribution in [-0.4, -0.2) is 36.2 Å². The van der Waals surface area contributed by atoms with Crippen LogP contribution >= 0.6 is 11.3 Å². The Morgan fingerprint density at radius 2 is 2.35 bits per heavy atom. The van der Waals surface area contributed by atoms with Crippen molar-refractivity contribution in [2.45, 2.75) is 32.9 Å². The molecule has 0 aliphatic carbocycles. The van der Waals surface area contributed by atoms with Gasteiger partial charge >= 0.3 is 0 Å². The first-order valence-electron chi connectivity index (χ1n) is 5.68. The largest absolute Gasteiger partial charge is 0.375 e. The van der Waals surface area contributed by atoms with Gasteiger partial charge in [-0.1, -0.05) is 0 Å². The first kappa shape index (κ1) is 12.5. The second-order valence-corrected chi connectivity index (χ2v) is 5.35. The summed E-state index contributed by atoms with van der Waals surface area (Å²) in [7, 11) is 0. The number of hydrogen-bond donors (Lipinski definition) is 2. The maximum Gasteiger partial charge on any atom is 0.244 e. The van der Waals surface area contributed by atoms with Crippen molar-refractivity contribution >= 4 is 22.2 Å². The average molecular weight is 255 g/mol. The molecule has 5 nitrogen and oxygen atoms in total. The Labute approximate surface area is 105 Å². The number of carbonyl (C=O) groups excluding carboxylic acids is 1. The van der Waals surface area contributed by atoms with E-state index in [1.807, 2.05) is 20.8 Å². The zero-order chi connectivity index (χ0) is 12.4. The number of rotatable bonds is 2. The number of hydrogen-bond acceptors (Lipinski definition) is 5. The molecular weight excluding hydrogens is 238 g/mol. The number of ether oxygens (including phenoxy) is 1. The molecule has 2 N–H and O–H groups in total. The highest BCUT2D eigenvalue weighted by Gasteiger charge is 2.28. The lowest BCUT2D eigenvalue weighted by atomic mass is 10.1. The van der Waals surface area contributed by atoms with Crippen molar-refractivity contribution in [2.75, 3.05) is 18.5 Å². The fourth-order valence-electron chi connectivity index (χ4n) is 1.86. The Hall–Kier alpha value is -0.980. The van der Waals surface area contributed by atoms with Crippen molar-refractivity contribution in [1.82, 2.24) is 10.3 Å². The van der Waals surface area contributed by atoms with Gasteiger partial charge in [0.05, 0.1) is 23.4 Å². The molecule has 2 atom stereocenters. The summed E-state index contributed by atoms with van der Waals surface area (Å²) >= 11 is 1.50. The van der Waals surface area contributed by atoms with Crippen LogP contribution in [0.15, 0.2) is 0 Å². The molecule has 0 unspecified atom stereocenters. The standard InChI is InChI=1S/C11H17N3O2S/c1-6-11(17-8(3)13-6)14-10(15)9-7(2)16-5-4-12-9/h7,9,12H,4-5H2,1-3H3,(H,14,15)/t7-,9+/m1/s1. The van der Waals surface area contributed by atoms with E-state index in [4.69, 9.17) is 4.74 Å². The van der Waals surface area contributed by atoms with Gasteiger partial charge in [-0.2, -0.15) is 0 Å². The molecule has 0 saturated carbocycles. The number of nitrogens with zero attached hydrogens (tertiary/aromatic N) is 1. The minimum Gasteiger partial charge on any atom is -0.375 e. The van der Waals surface area contributed by atoms with E-state index in [0.717, 1.165) is 15.7 Å². The number of amides is 1. The van der Waals surface area contributed by atoms with Crippen molar-refractivity contribution in [1.29, 1.82) is 0 Å². The number of carbonyl (C=O) groups is 1. The highest BCUT2D eigenvalue weighted by atomic mass is 32.1. The monoisotopic (exact) mass is 255 g/mol. The molecule has 0 spiro atoms. The van der Waals surface area contributed by atoms with Gasteiger partial charge in [0, 0.05) is 6.54 Å². The van der Waals surface area contributed by atoms with E-state index in [2.05, 4.69) is 15.6 Å². The maximum absolute atomic E-state index is 12.1. The van der Waals surface area contributed by atoms with Crippen LogP contribution < -0.4 is 10.6 Å². The topological polar surface area (TPSA) is 63.2 Å². The maximum atomic E-state index is 12.1. The molecule has 2 rings (SSSR count). The summed E-state index contributed by atoms with van der Waals surface area (Å²) < 4.78 is 5.45. The third-order valence-electron chi connectivity index (χ3n) is 2.74. The fourth-order valence-corrected chi connectivity index (χ4v) is 2.69. The molecule has 1 aromatic heterocycles. The molecule has 1 aliphatic heterocycles. The minimum atomic E-state index is -0.287. The number of aryl methyl sites for hydroxylation is 2. The van der Waals surface area contributed by atoms with Gasteiger partial charge in [0.25, 0.3) is 0 Å². The Balaban J connectivity index is 2.03. The van der Waals surface area contributed by atoms with E-state index in [-0.39, 0.29) is 18.1 Å². The molecule has 2 heterocycles. The summed E-state index contributed by atoms with van der Waals surface area (Å²) in [6.07, 6.45) is -0.0990. The molecule has 1 aromatic rings. The quantitative estimate of drug-likeness (QED) is 0.830. The number of thiazole rings is 1. The summed E-state index contributed by atoms with van der Waals surface area (Å²) in [6.45, 7) is 7.10. The van der Waals surface area contributed by atoms with Crippen LogP contribution in [0.4, 0.5) is 5.00 Å². The van der Waals surface area contributed by atoms with Gasteiger partial charge in [0.15, 0.2) is 0 Å². The zero-order valence-electron chi connectivity index (χ0n) is 10.2. The lowest BCUT2D eigenvalue weighted by molar-refractivity contribution is -0.123. The van der Waals surface area contributed by atoms with E-state index in [9.17, 15) is 4.79 Å². The van der Waals surface area contributed by atoms with Gasteiger partial charge in [-0.25, -0.2) is 4.98 Å². The zero-order valence-corrected chi connectivity index (χ0v) is 11.1. The van der Waals surface area contributed by atoms with Gasteiger partial charge in [0.2, 0.25) is 5.91 Å². The van der Waals surface area contributed by atoms with Gasteiger partial charge in [-0.15, -0.1) is 11.3 Å². The molecule has 0 bridgehead atoms. The minimum absolute atomic E-state index is 0.0519. The van der Waals surface area contributed by atoms with Gasteiger partial charge < -0.3 is 15.4 Å². The highest BCUT2D eigenvalue weighted by molar-refractivity contribution is 7.16. The lowest BCUT2D eigenvalue weighted by Crippen LogP contribution is -2.53. The van der Waals surface area contributed by atoms with Crippen molar-refractivity contribution in [3.8, 4) is 0 Å². The van der Waals surface area contributed by atoms with E-state index in [1.54, 1.807) is 0 Å². The van der Waals surface area contributed by atoms with Crippen LogP contribution in [-0.2, 0) is 9.53 Å². The highest BCUT2D eigenvalue weighted by Crippen LogP contribution is 2.23. The Morgan fingerprint density at radius 1 is 1.59 bits per heavy atom. The molecule has 6 heteroatoms. The van der Waals surface area contributed by atoms with Crippen molar-refractivity contribution in [3.05, 3.63) is 10.7 Å². The van der Waals surface area contributed by atoms with Gasteiger partial charge in [-0.3, -0.25) is 4.79 Å². The first-order valence-corrected chi connectivity index (χ1v) is 6.49. The normalized spacial score (nSPS) is 24.6. The van der Waals surface area contributed by atoms with E-state index >= 15 is 0 Å². The Morgan fingerprint density at radius 3 is 2.94 bits per heavy atom. The third-order valence-corrected chi connectivity index (χ3v) is 3.73. The number of morpholine rings is 1. The molecule has 0 aromatic carbocycles. The predicted molar refractivity (Wildman–Crippen MR) is 67.4 cm³/mol. The van der Waals surface area contributed by atoms with Crippen molar-refractivity contribution in [3.63, 3.8) is 0 Å². The summed E-state index contributed by atoms with van der Waals surface area (Å²) in [6, 6.07) is -0.287. The van der Waals surface area contributed by atoms with Crippen LogP contribution in [0.3, 0.4) is 0 Å². The fraction of sp³-hybridized carbons (Fsp3) is 0.636. The summed E-state index contributed by atoms with van der Waals surface area (Å²) in [5.41, 5.74) is 0.866. The smallest absolute Gasteiger partial charge is 0.244 e. The van der Waals surface area contributed by atoms with Crippen LogP contribution in [0.1, 0.15) is 17.6 Å². The number of anilines is 1. The number of aromatic nitrogens is 1. The van der Waals surface area contributed by atoms with Gasteiger partial charge in [-0.05, 0) is 20.8 Å². The van der Waals surface area contributed by atoms with Crippen LogP contribution in [0.2, 0.25) is 0 Å². The van der Waals surface area contributed by atoms with E-state index < -0.39 is 0 Å². The van der Waals surface area contributed by atoms with Crippen LogP contribution in [0.5, 0.6) is 0 Å². The molecule has 0 radical (unpaired) electrons. The van der Waals surface area contributed by atoms with Crippen LogP contribution in [0.25, 0.3) is 0 Å². The molecule has 1 aliphatic rings. The Kier molecular flexibility index (Phi) is 3.76. The first-order chi connectivity index (χ1) is 8.08.